The molecule has 0 spiro atoms. The van der Waals surface area contributed by atoms with Gasteiger partial charge in [0.2, 0.25) is 9.54 Å². The Hall–Kier alpha value is -1.17. The number of benzene rings is 2. The highest BCUT2D eigenvalue weighted by atomic mass is 79.9. The second-order valence-electron chi connectivity index (χ2n) is 6.54. The molecule has 13 heteroatoms. The van der Waals surface area contributed by atoms with Crippen molar-refractivity contribution in [2.45, 2.75) is 16.9 Å². The zero-order valence-electron chi connectivity index (χ0n) is 17.8. The molecule has 2 aromatic carbocycles. The van der Waals surface area contributed by atoms with Crippen LogP contribution in [0.5, 0.6) is 17.2 Å². The Morgan fingerprint density at radius 1 is 0.970 bits per heavy atom. The van der Waals surface area contributed by atoms with Crippen LogP contribution >= 0.6 is 78.9 Å². The maximum absolute atomic E-state index is 13.0. The summed E-state index contributed by atoms with van der Waals surface area (Å²) < 4.78 is 15.6. The number of thiocarbonyl (C=S) groups is 1. The highest BCUT2D eigenvalue weighted by molar-refractivity contribution is 9.11. The molecule has 1 atom stereocenters. The molecule has 0 heterocycles. The number of halogens is 5. The second kappa shape index (κ2) is 12.0. The summed E-state index contributed by atoms with van der Waals surface area (Å²) in [5.74, 6) is 0.371. The molecule has 0 fully saturated rings. The lowest BCUT2D eigenvalue weighted by molar-refractivity contribution is 0.0933. The van der Waals surface area contributed by atoms with Crippen LogP contribution < -0.4 is 30.2 Å². The van der Waals surface area contributed by atoms with Crippen molar-refractivity contribution >= 4 is 95.6 Å². The highest BCUT2D eigenvalue weighted by Crippen LogP contribution is 2.38. The molecule has 0 aromatic heterocycles. The number of rotatable bonds is 7. The number of carbonyl (C=O) groups excluding carboxylic acids is 1. The molecule has 0 unspecified atom stereocenters. The highest BCUT2D eigenvalue weighted by Gasteiger charge is 2.35. The van der Waals surface area contributed by atoms with Gasteiger partial charge >= 0.3 is 0 Å². The van der Waals surface area contributed by atoms with E-state index in [4.69, 9.17) is 61.2 Å². The van der Waals surface area contributed by atoms with E-state index in [1.165, 1.54) is 33.5 Å². The minimum Gasteiger partial charge on any atom is -0.493 e. The van der Waals surface area contributed by atoms with Gasteiger partial charge in [0.05, 0.1) is 27.0 Å². The molecule has 180 valence electrons. The van der Waals surface area contributed by atoms with Gasteiger partial charge in [-0.2, -0.15) is 0 Å². The number of hydrogen-bond donors (Lipinski definition) is 3. The van der Waals surface area contributed by atoms with Crippen LogP contribution in [-0.2, 0) is 0 Å². The summed E-state index contributed by atoms with van der Waals surface area (Å²) in [5, 5.41) is 8.58. The Kier molecular flexibility index (Phi) is 10.2. The molecular formula is C20H20Br2Cl3N3O4S. The monoisotopic (exact) mass is 661 g/mol. The summed E-state index contributed by atoms with van der Waals surface area (Å²) in [7, 11) is 4.34. The van der Waals surface area contributed by atoms with Crippen LogP contribution in [0.2, 0.25) is 0 Å². The number of aryl methyl sites for hydroxylation is 1. The summed E-state index contributed by atoms with van der Waals surface area (Å²) in [4.78, 5) is 13.0. The minimum atomic E-state index is -1.94. The quantitative estimate of drug-likeness (QED) is 0.192. The van der Waals surface area contributed by atoms with Crippen LogP contribution in [0.3, 0.4) is 0 Å². The molecule has 0 radical (unpaired) electrons. The lowest BCUT2D eigenvalue weighted by atomic mass is 10.1. The summed E-state index contributed by atoms with van der Waals surface area (Å²) in [5.41, 5.74) is 1.86. The van der Waals surface area contributed by atoms with Crippen molar-refractivity contribution in [3.63, 3.8) is 0 Å². The molecule has 0 aliphatic rings. The van der Waals surface area contributed by atoms with E-state index in [0.717, 1.165) is 14.5 Å². The van der Waals surface area contributed by atoms with Crippen LogP contribution in [0.25, 0.3) is 0 Å². The first kappa shape index (κ1) is 28.1. The Balaban J connectivity index is 2.24. The van der Waals surface area contributed by atoms with Crippen molar-refractivity contribution in [3.8, 4) is 17.2 Å². The normalized spacial score (nSPS) is 11.9. The summed E-state index contributed by atoms with van der Waals surface area (Å²) in [6.07, 6.45) is -1.18. The van der Waals surface area contributed by atoms with Gasteiger partial charge in [-0.25, -0.2) is 0 Å². The minimum absolute atomic E-state index is 0.124. The van der Waals surface area contributed by atoms with Crippen molar-refractivity contribution in [3.05, 3.63) is 44.3 Å². The van der Waals surface area contributed by atoms with Gasteiger partial charge in [0.25, 0.3) is 5.91 Å². The number of anilines is 1. The van der Waals surface area contributed by atoms with Crippen molar-refractivity contribution in [2.75, 3.05) is 26.6 Å². The molecule has 0 saturated heterocycles. The van der Waals surface area contributed by atoms with E-state index in [1.54, 1.807) is 0 Å². The number of amides is 1. The van der Waals surface area contributed by atoms with Gasteiger partial charge in [0.1, 0.15) is 6.17 Å². The SMILES string of the molecule is COc1cc(C(=O)N[C@@H](NC(=S)Nc2cc(C)c(Br)cc2Br)C(Cl)(Cl)Cl)cc(OC)c1OC. The second-order valence-corrected chi connectivity index (χ2v) is 11.0. The van der Waals surface area contributed by atoms with Crippen molar-refractivity contribution < 1.29 is 19.0 Å². The number of carbonyl (C=O) groups is 1. The van der Waals surface area contributed by atoms with E-state index in [0.29, 0.717) is 22.9 Å². The first-order chi connectivity index (χ1) is 15.4. The number of alkyl halides is 3. The molecule has 0 saturated carbocycles. The van der Waals surface area contributed by atoms with Gasteiger partial charge in [-0.15, -0.1) is 0 Å². The summed E-state index contributed by atoms with van der Waals surface area (Å²) in [6, 6.07) is 6.70. The van der Waals surface area contributed by atoms with Crippen molar-refractivity contribution in [2.24, 2.45) is 0 Å². The van der Waals surface area contributed by atoms with E-state index in [1.807, 2.05) is 19.1 Å². The molecule has 1 amide bonds. The maximum atomic E-state index is 13.0. The molecular weight excluding hydrogens is 644 g/mol. The average Bonchev–Trinajstić information content (AvgIpc) is 2.75. The molecule has 2 rings (SSSR count). The van der Waals surface area contributed by atoms with E-state index >= 15 is 0 Å². The number of methoxy groups -OCH3 is 3. The smallest absolute Gasteiger partial charge is 0.253 e. The Bertz CT molecular complexity index is 1030. The molecule has 2 aromatic rings. The molecule has 0 bridgehead atoms. The number of ether oxygens (including phenoxy) is 3. The molecule has 0 aliphatic heterocycles. The first-order valence-corrected chi connectivity index (χ1v) is 12.2. The molecule has 3 N–H and O–H groups in total. The van der Waals surface area contributed by atoms with Crippen LogP contribution in [0, 0.1) is 6.92 Å². The van der Waals surface area contributed by atoms with Gasteiger partial charge in [0.15, 0.2) is 16.6 Å². The third-order valence-electron chi connectivity index (χ3n) is 4.30. The van der Waals surface area contributed by atoms with Crippen LogP contribution in [-0.4, -0.2) is 42.3 Å². The maximum Gasteiger partial charge on any atom is 0.253 e. The molecule has 0 aliphatic carbocycles. The standard InChI is InChI=1S/C20H20Br2Cl3N3O4S/c1-9-5-13(12(22)8-11(9)21)26-19(33)28-18(20(23,24)25)27-17(29)10-6-14(30-2)16(32-4)15(7-10)31-3/h5-8,18H,1-4H3,(H,27,29)(H2,26,28,33)/t18-/m0/s1. The van der Waals surface area contributed by atoms with E-state index in [9.17, 15) is 4.79 Å². The fraction of sp³-hybridized carbons (Fsp3) is 0.300. The van der Waals surface area contributed by atoms with Crippen molar-refractivity contribution in [1.82, 2.24) is 10.6 Å². The van der Waals surface area contributed by atoms with Gasteiger partial charge in [-0.05, 0) is 64.9 Å². The fourth-order valence-corrected chi connectivity index (χ4v) is 4.32. The third kappa shape index (κ3) is 7.40. The third-order valence-corrected chi connectivity index (χ3v) is 6.69. The molecule has 7 nitrogen and oxygen atoms in total. The summed E-state index contributed by atoms with van der Waals surface area (Å²) >= 11 is 30.6. The van der Waals surface area contributed by atoms with E-state index < -0.39 is 15.9 Å². The largest absolute Gasteiger partial charge is 0.493 e. The predicted octanol–water partition coefficient (Wildman–Crippen LogP) is 5.96. The Labute approximate surface area is 229 Å². The lowest BCUT2D eigenvalue weighted by Gasteiger charge is -2.28. The molecule has 33 heavy (non-hydrogen) atoms. The Morgan fingerprint density at radius 3 is 2.03 bits per heavy atom. The van der Waals surface area contributed by atoms with Gasteiger partial charge in [-0.1, -0.05) is 50.7 Å². The van der Waals surface area contributed by atoms with Crippen LogP contribution in [0.4, 0.5) is 5.69 Å². The van der Waals surface area contributed by atoms with Gasteiger partial charge in [-0.3, -0.25) is 4.79 Å². The summed E-state index contributed by atoms with van der Waals surface area (Å²) in [6.45, 7) is 1.93. The first-order valence-electron chi connectivity index (χ1n) is 9.12. The average molecular weight is 665 g/mol. The zero-order chi connectivity index (χ0) is 24.9. The van der Waals surface area contributed by atoms with E-state index in [2.05, 4.69) is 47.8 Å². The Morgan fingerprint density at radius 2 is 1.55 bits per heavy atom. The van der Waals surface area contributed by atoms with Crippen LogP contribution in [0.1, 0.15) is 15.9 Å². The van der Waals surface area contributed by atoms with Gasteiger partial charge in [0, 0.05) is 14.5 Å². The lowest BCUT2D eigenvalue weighted by Crippen LogP contribution is -2.56. The zero-order valence-corrected chi connectivity index (χ0v) is 24.1. The van der Waals surface area contributed by atoms with Crippen molar-refractivity contribution in [1.29, 1.82) is 0 Å². The van der Waals surface area contributed by atoms with Crippen LogP contribution in [0.15, 0.2) is 33.2 Å². The fourth-order valence-electron chi connectivity index (χ4n) is 2.67. The predicted molar refractivity (Wildman–Crippen MR) is 144 cm³/mol. The number of nitrogens with one attached hydrogen (secondary N) is 3. The topological polar surface area (TPSA) is 80.9 Å². The van der Waals surface area contributed by atoms with Gasteiger partial charge < -0.3 is 30.2 Å². The van der Waals surface area contributed by atoms with E-state index in [-0.39, 0.29) is 10.7 Å². The number of hydrogen-bond acceptors (Lipinski definition) is 5.